The SMILES string of the molecule is COc1cccc(-c2noc(Cn3ccn(-c4ccccc4)c(=O)c3=O)n2)c1OC. The predicted molar refractivity (Wildman–Crippen MR) is 108 cm³/mol. The Morgan fingerprint density at radius 1 is 0.933 bits per heavy atom. The van der Waals surface area contributed by atoms with Crippen molar-refractivity contribution >= 4 is 0 Å². The van der Waals surface area contributed by atoms with E-state index in [1.54, 1.807) is 42.5 Å². The van der Waals surface area contributed by atoms with Crippen molar-refractivity contribution in [2.24, 2.45) is 0 Å². The van der Waals surface area contributed by atoms with Crippen LogP contribution in [0.4, 0.5) is 0 Å². The van der Waals surface area contributed by atoms with Gasteiger partial charge in [0.25, 0.3) is 0 Å². The van der Waals surface area contributed by atoms with E-state index in [0.717, 1.165) is 0 Å². The highest BCUT2D eigenvalue weighted by molar-refractivity contribution is 5.68. The van der Waals surface area contributed by atoms with Crippen LogP contribution >= 0.6 is 0 Å². The van der Waals surface area contributed by atoms with Crippen LogP contribution in [0.15, 0.2) is 75.0 Å². The normalized spacial score (nSPS) is 10.7. The number of aromatic nitrogens is 4. The summed E-state index contributed by atoms with van der Waals surface area (Å²) in [5, 5.41) is 3.96. The molecular weight excluding hydrogens is 388 g/mol. The minimum Gasteiger partial charge on any atom is -0.493 e. The lowest BCUT2D eigenvalue weighted by molar-refractivity contribution is 0.354. The quantitative estimate of drug-likeness (QED) is 0.452. The smallest absolute Gasteiger partial charge is 0.320 e. The second-order valence-electron chi connectivity index (χ2n) is 6.29. The van der Waals surface area contributed by atoms with Gasteiger partial charge in [0.15, 0.2) is 11.5 Å². The van der Waals surface area contributed by atoms with Gasteiger partial charge < -0.3 is 14.0 Å². The highest BCUT2D eigenvalue weighted by Crippen LogP contribution is 2.36. The molecule has 2 heterocycles. The Hall–Kier alpha value is -4.14. The molecule has 4 rings (SSSR count). The fraction of sp³-hybridized carbons (Fsp3) is 0.143. The van der Waals surface area contributed by atoms with Crippen LogP contribution in [0.2, 0.25) is 0 Å². The molecule has 2 aromatic carbocycles. The summed E-state index contributed by atoms with van der Waals surface area (Å²) in [5.41, 5.74) is -0.173. The Morgan fingerprint density at radius 2 is 1.73 bits per heavy atom. The molecule has 0 saturated heterocycles. The largest absolute Gasteiger partial charge is 0.493 e. The van der Waals surface area contributed by atoms with E-state index in [9.17, 15) is 9.59 Å². The van der Waals surface area contributed by atoms with E-state index in [2.05, 4.69) is 10.1 Å². The molecule has 0 bridgehead atoms. The first-order valence-electron chi connectivity index (χ1n) is 9.04. The van der Waals surface area contributed by atoms with Gasteiger partial charge >= 0.3 is 11.1 Å². The van der Waals surface area contributed by atoms with Gasteiger partial charge in [-0.2, -0.15) is 4.98 Å². The van der Waals surface area contributed by atoms with Gasteiger partial charge in [-0.25, -0.2) is 0 Å². The molecule has 30 heavy (non-hydrogen) atoms. The number of rotatable bonds is 6. The van der Waals surface area contributed by atoms with E-state index in [1.165, 1.54) is 35.7 Å². The maximum Gasteiger partial charge on any atom is 0.320 e. The highest BCUT2D eigenvalue weighted by atomic mass is 16.5. The standard InChI is InChI=1S/C21H18N4O5/c1-28-16-10-6-9-15(18(16)29-2)19-22-17(30-23-19)13-24-11-12-25(21(27)20(24)26)14-7-4-3-5-8-14/h3-12H,13H2,1-2H3. The minimum atomic E-state index is -0.694. The molecule has 0 amide bonds. The molecule has 0 atom stereocenters. The van der Waals surface area contributed by atoms with E-state index in [0.29, 0.717) is 22.7 Å². The number of hydrogen-bond donors (Lipinski definition) is 0. The van der Waals surface area contributed by atoms with Gasteiger partial charge in [-0.15, -0.1) is 0 Å². The molecule has 0 N–H and O–H groups in total. The molecule has 0 saturated carbocycles. The van der Waals surface area contributed by atoms with Gasteiger partial charge in [0.2, 0.25) is 11.7 Å². The third-order valence-corrected chi connectivity index (χ3v) is 4.51. The molecule has 2 aromatic heterocycles. The number of ether oxygens (including phenoxy) is 2. The fourth-order valence-corrected chi connectivity index (χ4v) is 3.06. The van der Waals surface area contributed by atoms with E-state index in [-0.39, 0.29) is 18.3 Å². The lowest BCUT2D eigenvalue weighted by atomic mass is 10.1. The van der Waals surface area contributed by atoms with E-state index in [1.807, 2.05) is 6.07 Å². The zero-order chi connectivity index (χ0) is 21.1. The summed E-state index contributed by atoms with van der Waals surface area (Å²) in [4.78, 5) is 29.4. The Morgan fingerprint density at radius 3 is 2.47 bits per heavy atom. The van der Waals surface area contributed by atoms with Crippen molar-refractivity contribution in [3.8, 4) is 28.6 Å². The van der Waals surface area contributed by atoms with Crippen LogP contribution in [0.25, 0.3) is 17.1 Å². The Labute approximate surface area is 170 Å². The molecule has 152 valence electrons. The lowest BCUT2D eigenvalue weighted by Gasteiger charge is -2.09. The molecule has 0 aliphatic heterocycles. The molecule has 0 radical (unpaired) electrons. The van der Waals surface area contributed by atoms with Crippen molar-refractivity contribution in [3.63, 3.8) is 0 Å². The van der Waals surface area contributed by atoms with E-state index < -0.39 is 11.1 Å². The van der Waals surface area contributed by atoms with Crippen LogP contribution in [0.3, 0.4) is 0 Å². The second kappa shape index (κ2) is 8.08. The number of benzene rings is 2. The topological polar surface area (TPSA) is 101 Å². The molecule has 0 fully saturated rings. The molecule has 9 heteroatoms. The first kappa shape index (κ1) is 19.2. The van der Waals surface area contributed by atoms with Crippen LogP contribution < -0.4 is 20.6 Å². The van der Waals surface area contributed by atoms with E-state index >= 15 is 0 Å². The fourth-order valence-electron chi connectivity index (χ4n) is 3.06. The molecule has 4 aromatic rings. The molecule has 0 aliphatic rings. The van der Waals surface area contributed by atoms with Crippen LogP contribution in [-0.4, -0.2) is 33.5 Å². The van der Waals surface area contributed by atoms with Crippen molar-refractivity contribution in [1.29, 1.82) is 0 Å². The minimum absolute atomic E-state index is 0.0387. The summed E-state index contributed by atoms with van der Waals surface area (Å²) in [6.45, 7) is -0.0387. The maximum absolute atomic E-state index is 12.5. The third kappa shape index (κ3) is 3.48. The summed E-state index contributed by atoms with van der Waals surface area (Å²) in [7, 11) is 3.05. The Kier molecular flexibility index (Phi) is 5.17. The molecule has 0 aliphatic carbocycles. The van der Waals surface area contributed by atoms with Gasteiger partial charge in [0, 0.05) is 18.1 Å². The molecule has 0 unspecified atom stereocenters. The van der Waals surface area contributed by atoms with Gasteiger partial charge in [-0.05, 0) is 24.3 Å². The summed E-state index contributed by atoms with van der Waals surface area (Å²) < 4.78 is 18.5. The Bertz CT molecular complexity index is 1290. The van der Waals surface area contributed by atoms with E-state index in [4.69, 9.17) is 14.0 Å². The maximum atomic E-state index is 12.5. The van der Waals surface area contributed by atoms with Crippen molar-refractivity contribution in [3.05, 3.63) is 87.5 Å². The van der Waals surface area contributed by atoms with Gasteiger partial charge in [-0.1, -0.05) is 29.4 Å². The predicted octanol–water partition coefficient (Wildman–Crippen LogP) is 2.11. The monoisotopic (exact) mass is 406 g/mol. The average molecular weight is 406 g/mol. The van der Waals surface area contributed by atoms with Crippen molar-refractivity contribution in [1.82, 2.24) is 19.3 Å². The highest BCUT2D eigenvalue weighted by Gasteiger charge is 2.17. The first-order chi connectivity index (χ1) is 14.6. The van der Waals surface area contributed by atoms with Gasteiger partial charge in [-0.3, -0.25) is 18.7 Å². The van der Waals surface area contributed by atoms with Crippen LogP contribution in [-0.2, 0) is 6.54 Å². The summed E-state index contributed by atoms with van der Waals surface area (Å²) >= 11 is 0. The zero-order valence-corrected chi connectivity index (χ0v) is 16.3. The first-order valence-corrected chi connectivity index (χ1v) is 9.04. The number of para-hydroxylation sites is 2. The molecule has 0 spiro atoms. The molecular formula is C21H18N4O5. The van der Waals surface area contributed by atoms with Crippen molar-refractivity contribution in [2.75, 3.05) is 14.2 Å². The number of nitrogens with zero attached hydrogens (tertiary/aromatic N) is 4. The molecule has 9 nitrogen and oxygen atoms in total. The summed E-state index contributed by atoms with van der Waals surface area (Å²) in [6, 6.07) is 14.2. The summed E-state index contributed by atoms with van der Waals surface area (Å²) in [6.07, 6.45) is 3.04. The van der Waals surface area contributed by atoms with Crippen LogP contribution in [0.1, 0.15) is 5.89 Å². The number of methoxy groups -OCH3 is 2. The summed E-state index contributed by atoms with van der Waals surface area (Å²) in [5.74, 6) is 1.46. The van der Waals surface area contributed by atoms with Gasteiger partial charge in [0.1, 0.15) is 6.54 Å². The number of hydrogen-bond acceptors (Lipinski definition) is 7. The second-order valence-corrected chi connectivity index (χ2v) is 6.29. The van der Waals surface area contributed by atoms with Crippen molar-refractivity contribution in [2.45, 2.75) is 6.54 Å². The lowest BCUT2D eigenvalue weighted by Crippen LogP contribution is -2.40. The average Bonchev–Trinajstić information content (AvgIpc) is 3.25. The van der Waals surface area contributed by atoms with Crippen LogP contribution in [0, 0.1) is 0 Å². The van der Waals surface area contributed by atoms with Gasteiger partial charge in [0.05, 0.1) is 19.8 Å². The van der Waals surface area contributed by atoms with Crippen LogP contribution in [0.5, 0.6) is 11.5 Å². The zero-order valence-electron chi connectivity index (χ0n) is 16.3. The van der Waals surface area contributed by atoms with Crippen molar-refractivity contribution < 1.29 is 14.0 Å². The third-order valence-electron chi connectivity index (χ3n) is 4.51. The Balaban J connectivity index is 1.65.